The van der Waals surface area contributed by atoms with Gasteiger partial charge in [0, 0.05) is 17.0 Å². The Hall–Kier alpha value is -4.09. The first-order valence-electron chi connectivity index (χ1n) is 16.5. The van der Waals surface area contributed by atoms with Crippen LogP contribution in [0.5, 0.6) is 5.75 Å². The lowest BCUT2D eigenvalue weighted by Gasteiger charge is -2.32. The van der Waals surface area contributed by atoms with Crippen LogP contribution in [0.15, 0.2) is 42.5 Å². The van der Waals surface area contributed by atoms with E-state index in [1.165, 1.54) is 7.11 Å². The lowest BCUT2D eigenvalue weighted by molar-refractivity contribution is -0.137. The van der Waals surface area contributed by atoms with Gasteiger partial charge in [0.15, 0.2) is 0 Å². The Morgan fingerprint density at radius 3 is 2.49 bits per heavy atom. The highest BCUT2D eigenvalue weighted by Crippen LogP contribution is 2.42. The summed E-state index contributed by atoms with van der Waals surface area (Å²) in [6.07, 6.45) is 1.01. The second-order valence-electron chi connectivity index (χ2n) is 14.5. The zero-order valence-corrected chi connectivity index (χ0v) is 28.4. The van der Waals surface area contributed by atoms with Crippen LogP contribution in [0.1, 0.15) is 78.7 Å². The van der Waals surface area contributed by atoms with Crippen LogP contribution in [0.4, 0.5) is 4.79 Å². The topological polar surface area (TPSA) is 115 Å². The predicted octanol–water partition coefficient (Wildman–Crippen LogP) is 6.01. The van der Waals surface area contributed by atoms with Crippen LogP contribution in [0.3, 0.4) is 0 Å². The Bertz CT molecular complexity index is 1890. The van der Waals surface area contributed by atoms with Gasteiger partial charge in [-0.3, -0.25) is 4.79 Å². The van der Waals surface area contributed by atoms with Crippen molar-refractivity contribution in [2.75, 3.05) is 7.11 Å². The van der Waals surface area contributed by atoms with E-state index in [1.807, 2.05) is 31.7 Å². The SMILES string of the molecule is COC(=O)N[C@H](C(=O)N1[C@@H](C)CC[C@H]1c1nc2c(ccc3cc4c(cc32)COc2cc(B3OC(C)(C)C(C)(C)O3)ccc2-4)[nH]1)C(C)C. The number of hydrogen-bond donors (Lipinski definition) is 2. The summed E-state index contributed by atoms with van der Waals surface area (Å²) in [4.78, 5) is 36.4. The highest BCUT2D eigenvalue weighted by molar-refractivity contribution is 6.62. The zero-order chi connectivity index (χ0) is 33.4. The van der Waals surface area contributed by atoms with Crippen LogP contribution >= 0.6 is 0 Å². The van der Waals surface area contributed by atoms with Gasteiger partial charge in [-0.2, -0.15) is 0 Å². The van der Waals surface area contributed by atoms with Crippen molar-refractivity contribution in [3.8, 4) is 16.9 Å². The van der Waals surface area contributed by atoms with Crippen molar-refractivity contribution >= 4 is 46.4 Å². The van der Waals surface area contributed by atoms with Crippen LogP contribution in [0, 0.1) is 5.92 Å². The maximum atomic E-state index is 13.9. The van der Waals surface area contributed by atoms with Crippen LogP contribution < -0.4 is 15.5 Å². The molecule has 7 rings (SSSR count). The second-order valence-corrected chi connectivity index (χ2v) is 14.5. The molecule has 0 spiro atoms. The van der Waals surface area contributed by atoms with E-state index in [1.54, 1.807) is 0 Å². The van der Waals surface area contributed by atoms with Gasteiger partial charge in [-0.15, -0.1) is 0 Å². The summed E-state index contributed by atoms with van der Waals surface area (Å²) in [5, 5.41) is 4.84. The third kappa shape index (κ3) is 5.24. The minimum atomic E-state index is -0.696. The highest BCUT2D eigenvalue weighted by atomic mass is 16.7. The molecule has 3 aliphatic rings. The minimum absolute atomic E-state index is 0.00711. The first-order chi connectivity index (χ1) is 22.3. The standard InChI is InChI=1S/C36H43BN4O6/c1-19(2)30(40-34(43)44-8)33(42)41-20(3)9-14-28(41)32-38-27-13-10-21-15-25-22(16-26(21)31(27)39-32)18-45-29-17-23(11-12-24(25)29)37-46-35(4,5)36(6,7)47-37/h10-13,15-17,19-20,28,30H,9,14,18H2,1-8H3,(H,38,39)(H,40,43)/t20-,28-,30-/m0/s1. The normalized spacial score (nSPS) is 21.9. The van der Waals surface area contributed by atoms with Gasteiger partial charge in [-0.1, -0.05) is 32.0 Å². The fourth-order valence-electron chi connectivity index (χ4n) is 7.08. The maximum absolute atomic E-state index is 13.9. The van der Waals surface area contributed by atoms with Crippen molar-refractivity contribution in [1.29, 1.82) is 0 Å². The summed E-state index contributed by atoms with van der Waals surface area (Å²) in [6.45, 7) is 14.5. The van der Waals surface area contributed by atoms with Gasteiger partial charge < -0.3 is 34.0 Å². The number of aromatic amines is 1. The number of imidazole rings is 1. The van der Waals surface area contributed by atoms with Crippen molar-refractivity contribution in [2.45, 2.75) is 97.2 Å². The van der Waals surface area contributed by atoms with E-state index >= 15 is 0 Å². The summed E-state index contributed by atoms with van der Waals surface area (Å²) in [6, 6.07) is 13.8. The number of ether oxygens (including phenoxy) is 2. The maximum Gasteiger partial charge on any atom is 0.494 e. The minimum Gasteiger partial charge on any atom is -0.488 e. The van der Waals surface area contributed by atoms with Gasteiger partial charge in [-0.25, -0.2) is 9.78 Å². The monoisotopic (exact) mass is 638 g/mol. The van der Waals surface area contributed by atoms with E-state index in [9.17, 15) is 9.59 Å². The predicted molar refractivity (Wildman–Crippen MR) is 182 cm³/mol. The number of carbonyl (C=O) groups is 2. The van der Waals surface area contributed by atoms with Crippen LogP contribution in [-0.4, -0.2) is 64.4 Å². The molecule has 0 unspecified atom stereocenters. The number of alkyl carbamates (subject to hydrolysis) is 1. The molecule has 3 atom stereocenters. The summed E-state index contributed by atoms with van der Waals surface area (Å²) in [5.41, 5.74) is 5.13. The van der Waals surface area contributed by atoms with Crippen molar-refractivity contribution in [3.63, 3.8) is 0 Å². The molecule has 0 saturated carbocycles. The average molecular weight is 639 g/mol. The Kier molecular flexibility index (Phi) is 7.55. The number of nitrogens with zero attached hydrogens (tertiary/aromatic N) is 2. The fourth-order valence-corrected chi connectivity index (χ4v) is 7.08. The molecular weight excluding hydrogens is 595 g/mol. The van der Waals surface area contributed by atoms with Gasteiger partial charge in [0.05, 0.1) is 35.4 Å². The van der Waals surface area contributed by atoms with Crippen molar-refractivity contribution in [1.82, 2.24) is 20.2 Å². The summed E-state index contributed by atoms with van der Waals surface area (Å²) < 4.78 is 23.7. The molecule has 4 aromatic rings. The molecule has 246 valence electrons. The first-order valence-corrected chi connectivity index (χ1v) is 16.5. The number of aromatic nitrogens is 2. The molecule has 4 heterocycles. The van der Waals surface area contributed by atoms with Gasteiger partial charge in [0.1, 0.15) is 24.2 Å². The molecule has 2 N–H and O–H groups in total. The van der Waals surface area contributed by atoms with Crippen molar-refractivity contribution in [2.24, 2.45) is 5.92 Å². The second kappa shape index (κ2) is 11.3. The molecule has 47 heavy (non-hydrogen) atoms. The van der Waals surface area contributed by atoms with Crippen molar-refractivity contribution < 1.29 is 28.4 Å². The third-order valence-corrected chi connectivity index (χ3v) is 10.5. The smallest absolute Gasteiger partial charge is 0.488 e. The number of rotatable bonds is 5. The summed E-state index contributed by atoms with van der Waals surface area (Å²) >= 11 is 0. The van der Waals surface area contributed by atoms with Crippen LogP contribution in [-0.2, 0) is 25.4 Å². The van der Waals surface area contributed by atoms with Crippen molar-refractivity contribution in [3.05, 3.63) is 53.9 Å². The van der Waals surface area contributed by atoms with Crippen LogP contribution in [0.25, 0.3) is 32.9 Å². The molecule has 11 heteroatoms. The third-order valence-electron chi connectivity index (χ3n) is 10.5. The molecule has 3 aliphatic heterocycles. The van der Waals surface area contributed by atoms with E-state index in [2.05, 4.69) is 74.4 Å². The molecule has 2 amide bonds. The Labute approximate surface area is 275 Å². The Morgan fingerprint density at radius 1 is 1.04 bits per heavy atom. The Morgan fingerprint density at radius 2 is 1.79 bits per heavy atom. The summed E-state index contributed by atoms with van der Waals surface area (Å²) in [7, 11) is 0.849. The van der Waals surface area contributed by atoms with E-state index in [0.717, 1.165) is 68.4 Å². The molecule has 10 nitrogen and oxygen atoms in total. The molecule has 0 aliphatic carbocycles. The van der Waals surface area contributed by atoms with E-state index < -0.39 is 30.5 Å². The zero-order valence-electron chi connectivity index (χ0n) is 28.4. The average Bonchev–Trinajstić information content (AvgIpc) is 3.70. The first kappa shape index (κ1) is 31.5. The van der Waals surface area contributed by atoms with Gasteiger partial charge in [-0.05, 0) is 99.6 Å². The van der Waals surface area contributed by atoms with E-state index in [0.29, 0.717) is 6.61 Å². The lowest BCUT2D eigenvalue weighted by atomic mass is 9.78. The molecule has 1 aromatic heterocycles. The van der Waals surface area contributed by atoms with Crippen LogP contribution in [0.2, 0.25) is 0 Å². The van der Waals surface area contributed by atoms with Gasteiger partial charge >= 0.3 is 13.2 Å². The number of methoxy groups -OCH3 is 1. The number of benzene rings is 3. The van der Waals surface area contributed by atoms with Gasteiger partial charge in [0.25, 0.3) is 0 Å². The molecule has 2 saturated heterocycles. The molecule has 3 aromatic carbocycles. The highest BCUT2D eigenvalue weighted by Gasteiger charge is 2.52. The molecule has 0 bridgehead atoms. The number of fused-ring (bicyclic) bond motifs is 6. The molecule has 0 radical (unpaired) electrons. The van der Waals surface area contributed by atoms with Gasteiger partial charge in [0.2, 0.25) is 5.91 Å². The fraction of sp³-hybridized carbons (Fsp3) is 0.472. The number of carbonyl (C=O) groups excluding carboxylic acids is 2. The molecule has 2 fully saturated rings. The molecular formula is C36H43BN4O6. The number of hydrogen-bond acceptors (Lipinski definition) is 7. The Balaban J connectivity index is 1.21. The number of likely N-dealkylation sites (tertiary alicyclic amines) is 1. The number of H-pyrrole nitrogens is 1. The lowest BCUT2D eigenvalue weighted by Crippen LogP contribution is -2.52. The van der Waals surface area contributed by atoms with E-state index in [4.69, 9.17) is 23.8 Å². The largest absolute Gasteiger partial charge is 0.494 e. The summed E-state index contributed by atoms with van der Waals surface area (Å²) in [5.74, 6) is 1.33. The van der Waals surface area contributed by atoms with E-state index in [-0.39, 0.29) is 23.9 Å². The number of nitrogens with one attached hydrogen (secondary N) is 2. The number of amides is 2. The quantitative estimate of drug-likeness (QED) is 0.258.